The number of hydrogen-bond acceptors (Lipinski definition) is 4. The van der Waals surface area contributed by atoms with Crippen molar-refractivity contribution in [1.82, 2.24) is 5.32 Å². The molecule has 0 bridgehead atoms. The molecule has 1 aliphatic rings. The zero-order chi connectivity index (χ0) is 9.95. The average Bonchev–Trinajstić information content (AvgIpc) is 2.40. The molecule has 0 aromatic carbocycles. The molecule has 1 atom stereocenters. The van der Waals surface area contributed by atoms with Crippen molar-refractivity contribution < 1.29 is 8.42 Å². The summed E-state index contributed by atoms with van der Waals surface area (Å²) in [4.78, 5) is 0. The predicted octanol–water partition coefficient (Wildman–Crippen LogP) is -0.498. The summed E-state index contributed by atoms with van der Waals surface area (Å²) in [6.07, 6.45) is 1.66. The molecule has 5 heteroatoms. The second-order valence-corrected chi connectivity index (χ2v) is 5.94. The number of hydrogen-bond donors (Lipinski definition) is 2. The monoisotopic (exact) mass is 206 g/mol. The van der Waals surface area contributed by atoms with Crippen LogP contribution in [0.2, 0.25) is 0 Å². The van der Waals surface area contributed by atoms with Crippen molar-refractivity contribution in [2.45, 2.75) is 25.3 Å². The van der Waals surface area contributed by atoms with Crippen molar-refractivity contribution in [2.24, 2.45) is 5.73 Å². The molecule has 4 nitrogen and oxygen atoms in total. The topological polar surface area (TPSA) is 72.2 Å². The van der Waals surface area contributed by atoms with Crippen molar-refractivity contribution in [1.29, 1.82) is 0 Å². The van der Waals surface area contributed by atoms with E-state index in [-0.39, 0.29) is 17.0 Å². The summed E-state index contributed by atoms with van der Waals surface area (Å²) in [6, 6.07) is 0. The van der Waals surface area contributed by atoms with Crippen LogP contribution in [0.4, 0.5) is 0 Å². The van der Waals surface area contributed by atoms with Crippen molar-refractivity contribution in [3.05, 3.63) is 0 Å². The van der Waals surface area contributed by atoms with Crippen molar-refractivity contribution >= 4 is 9.84 Å². The highest BCUT2D eigenvalue weighted by Crippen LogP contribution is 2.22. The lowest BCUT2D eigenvalue weighted by Crippen LogP contribution is -2.52. The van der Waals surface area contributed by atoms with Gasteiger partial charge in [-0.25, -0.2) is 8.42 Å². The SMILES string of the molecule is CCCNC1(CN)CCS(=O)(=O)C1. The van der Waals surface area contributed by atoms with Crippen LogP contribution >= 0.6 is 0 Å². The molecule has 1 saturated heterocycles. The summed E-state index contributed by atoms with van der Waals surface area (Å²) in [6.45, 7) is 3.31. The highest BCUT2D eigenvalue weighted by molar-refractivity contribution is 7.91. The van der Waals surface area contributed by atoms with Crippen LogP contribution in [-0.2, 0) is 9.84 Å². The fourth-order valence-electron chi connectivity index (χ4n) is 1.68. The number of sulfone groups is 1. The molecule has 0 saturated carbocycles. The standard InChI is InChI=1S/C8H18N2O2S/c1-2-4-10-8(6-9)3-5-13(11,12)7-8/h10H,2-7,9H2,1H3. The third-order valence-corrected chi connectivity index (χ3v) is 4.35. The first-order valence-electron chi connectivity index (χ1n) is 4.69. The molecule has 1 rings (SSSR count). The minimum Gasteiger partial charge on any atom is -0.329 e. The van der Waals surface area contributed by atoms with E-state index in [4.69, 9.17) is 5.73 Å². The molecular formula is C8H18N2O2S. The first-order valence-corrected chi connectivity index (χ1v) is 6.51. The Bertz CT molecular complexity index is 263. The van der Waals surface area contributed by atoms with Crippen molar-refractivity contribution in [3.8, 4) is 0 Å². The lowest BCUT2D eigenvalue weighted by atomic mass is 9.99. The van der Waals surface area contributed by atoms with Crippen LogP contribution in [0.15, 0.2) is 0 Å². The molecule has 0 spiro atoms. The summed E-state index contributed by atoms with van der Waals surface area (Å²) >= 11 is 0. The van der Waals surface area contributed by atoms with E-state index in [0.717, 1.165) is 13.0 Å². The average molecular weight is 206 g/mol. The minimum atomic E-state index is -2.84. The van der Waals surface area contributed by atoms with Crippen LogP contribution in [-0.4, -0.2) is 38.6 Å². The molecule has 13 heavy (non-hydrogen) atoms. The van der Waals surface area contributed by atoms with Gasteiger partial charge in [-0.1, -0.05) is 6.92 Å². The smallest absolute Gasteiger partial charge is 0.152 e. The molecule has 1 fully saturated rings. The first kappa shape index (κ1) is 10.9. The fraction of sp³-hybridized carbons (Fsp3) is 1.00. The Hall–Kier alpha value is -0.130. The Morgan fingerprint density at radius 1 is 1.54 bits per heavy atom. The number of nitrogens with one attached hydrogen (secondary N) is 1. The molecule has 0 radical (unpaired) electrons. The second-order valence-electron chi connectivity index (χ2n) is 3.75. The number of nitrogens with two attached hydrogens (primary N) is 1. The van der Waals surface area contributed by atoms with Gasteiger partial charge in [-0.2, -0.15) is 0 Å². The third kappa shape index (κ3) is 2.65. The zero-order valence-electron chi connectivity index (χ0n) is 8.04. The predicted molar refractivity (Wildman–Crippen MR) is 53.3 cm³/mol. The molecule has 1 heterocycles. The fourth-order valence-corrected chi connectivity index (χ4v) is 3.73. The van der Waals surface area contributed by atoms with Gasteiger partial charge in [0.25, 0.3) is 0 Å². The summed E-state index contributed by atoms with van der Waals surface area (Å²) in [5, 5.41) is 3.25. The summed E-state index contributed by atoms with van der Waals surface area (Å²) in [7, 11) is -2.84. The Kier molecular flexibility index (Phi) is 3.32. The molecule has 1 unspecified atom stereocenters. The molecular weight excluding hydrogens is 188 g/mol. The molecule has 0 aromatic heterocycles. The van der Waals surface area contributed by atoms with Gasteiger partial charge in [-0.15, -0.1) is 0 Å². The minimum absolute atomic E-state index is 0.205. The van der Waals surface area contributed by atoms with Gasteiger partial charge < -0.3 is 11.1 Å². The van der Waals surface area contributed by atoms with Crippen LogP contribution in [0.1, 0.15) is 19.8 Å². The summed E-state index contributed by atoms with van der Waals surface area (Å²) < 4.78 is 22.5. The molecule has 0 aliphatic carbocycles. The van der Waals surface area contributed by atoms with Gasteiger partial charge >= 0.3 is 0 Å². The zero-order valence-corrected chi connectivity index (χ0v) is 8.86. The molecule has 0 amide bonds. The van der Waals surface area contributed by atoms with Crippen LogP contribution in [0.5, 0.6) is 0 Å². The van der Waals surface area contributed by atoms with E-state index in [1.807, 2.05) is 0 Å². The largest absolute Gasteiger partial charge is 0.329 e. The van der Waals surface area contributed by atoms with Gasteiger partial charge in [-0.3, -0.25) is 0 Å². The van der Waals surface area contributed by atoms with E-state index < -0.39 is 9.84 Å². The quantitative estimate of drug-likeness (QED) is 0.650. The highest BCUT2D eigenvalue weighted by Gasteiger charge is 2.40. The second kappa shape index (κ2) is 3.94. The van der Waals surface area contributed by atoms with E-state index in [1.165, 1.54) is 0 Å². The van der Waals surface area contributed by atoms with Gasteiger partial charge in [0, 0.05) is 12.1 Å². The first-order chi connectivity index (χ1) is 6.04. The van der Waals surface area contributed by atoms with Gasteiger partial charge in [-0.05, 0) is 19.4 Å². The van der Waals surface area contributed by atoms with Gasteiger partial charge in [0.15, 0.2) is 9.84 Å². The van der Waals surface area contributed by atoms with E-state index in [0.29, 0.717) is 13.0 Å². The maximum atomic E-state index is 11.3. The van der Waals surface area contributed by atoms with Crippen LogP contribution in [0.25, 0.3) is 0 Å². The molecule has 0 aromatic rings. The third-order valence-electron chi connectivity index (χ3n) is 2.53. The lowest BCUT2D eigenvalue weighted by molar-refractivity contribution is 0.373. The molecule has 1 aliphatic heterocycles. The Labute approximate surface area is 79.8 Å². The Morgan fingerprint density at radius 2 is 2.23 bits per heavy atom. The normalized spacial score (nSPS) is 32.2. The van der Waals surface area contributed by atoms with Crippen LogP contribution in [0.3, 0.4) is 0 Å². The van der Waals surface area contributed by atoms with E-state index in [1.54, 1.807) is 0 Å². The Balaban J connectivity index is 2.63. The maximum Gasteiger partial charge on any atom is 0.152 e. The maximum absolute atomic E-state index is 11.3. The van der Waals surface area contributed by atoms with Gasteiger partial charge in [0.2, 0.25) is 0 Å². The van der Waals surface area contributed by atoms with E-state index in [2.05, 4.69) is 12.2 Å². The highest BCUT2D eigenvalue weighted by atomic mass is 32.2. The molecule has 3 N–H and O–H groups in total. The summed E-state index contributed by atoms with van der Waals surface area (Å²) in [5.41, 5.74) is 5.27. The summed E-state index contributed by atoms with van der Waals surface area (Å²) in [5.74, 6) is 0.484. The van der Waals surface area contributed by atoms with Gasteiger partial charge in [0.1, 0.15) is 0 Å². The lowest BCUT2D eigenvalue weighted by Gasteiger charge is -2.27. The number of rotatable bonds is 4. The van der Waals surface area contributed by atoms with Crippen molar-refractivity contribution in [3.63, 3.8) is 0 Å². The van der Waals surface area contributed by atoms with E-state index in [9.17, 15) is 8.42 Å². The van der Waals surface area contributed by atoms with Gasteiger partial charge in [0.05, 0.1) is 11.5 Å². The Morgan fingerprint density at radius 3 is 2.62 bits per heavy atom. The van der Waals surface area contributed by atoms with E-state index >= 15 is 0 Å². The van der Waals surface area contributed by atoms with Crippen molar-refractivity contribution in [2.75, 3.05) is 24.6 Å². The molecule has 78 valence electrons. The van der Waals surface area contributed by atoms with Crippen LogP contribution in [0, 0.1) is 0 Å². The van der Waals surface area contributed by atoms with Crippen LogP contribution < -0.4 is 11.1 Å².